The van der Waals surface area contributed by atoms with Crippen LogP contribution in [0.15, 0.2) is 16.7 Å². The van der Waals surface area contributed by atoms with Crippen LogP contribution >= 0.6 is 0 Å². The minimum Gasteiger partial charge on any atom is -0.466 e. The molecule has 4 atom stereocenters. The number of hydrogen-bond acceptors (Lipinski definition) is 4. The van der Waals surface area contributed by atoms with Crippen molar-refractivity contribution in [3.8, 4) is 0 Å². The van der Waals surface area contributed by atoms with Crippen molar-refractivity contribution in [1.82, 2.24) is 0 Å². The summed E-state index contributed by atoms with van der Waals surface area (Å²) in [6.45, 7) is 2.90. The molecule has 1 N–H and O–H groups in total. The SMILES string of the molecule is COCCC[C@@]12C[C@H]3OC1(C)CC[C@]2(O)c1ccoc13. The average Bonchev–Trinajstić information content (AvgIpc) is 3.04. The highest BCUT2D eigenvalue weighted by Gasteiger charge is 2.74. The van der Waals surface area contributed by atoms with Gasteiger partial charge in [-0.1, -0.05) is 0 Å². The van der Waals surface area contributed by atoms with Gasteiger partial charge < -0.3 is 19.0 Å². The van der Waals surface area contributed by atoms with Crippen molar-refractivity contribution in [2.24, 2.45) is 5.41 Å². The van der Waals surface area contributed by atoms with Gasteiger partial charge in [0.2, 0.25) is 0 Å². The van der Waals surface area contributed by atoms with Gasteiger partial charge in [-0.25, -0.2) is 0 Å². The summed E-state index contributed by atoms with van der Waals surface area (Å²) in [5, 5.41) is 11.5. The normalized spacial score (nSPS) is 44.9. The third-order valence-corrected chi connectivity index (χ3v) is 6.09. The molecule has 1 aromatic rings. The Morgan fingerprint density at radius 2 is 2.30 bits per heavy atom. The van der Waals surface area contributed by atoms with E-state index in [-0.39, 0.29) is 17.1 Å². The molecule has 1 saturated carbocycles. The second kappa shape index (κ2) is 3.87. The number of ether oxygens (including phenoxy) is 2. The highest BCUT2D eigenvalue weighted by atomic mass is 16.5. The van der Waals surface area contributed by atoms with Gasteiger partial charge in [0.05, 0.1) is 11.9 Å². The molecule has 0 spiro atoms. The second-order valence-electron chi connectivity index (χ2n) is 6.78. The van der Waals surface area contributed by atoms with Crippen LogP contribution in [-0.2, 0) is 15.1 Å². The molecule has 3 aliphatic rings. The molecule has 1 aliphatic heterocycles. The number of hydrogen-bond donors (Lipinski definition) is 1. The standard InChI is InChI=1S/C16H22O4/c1-14-6-7-16(17)11-4-9-19-13(11)12(20-14)10-15(14,16)5-3-8-18-2/h4,9,12,17H,3,5-8,10H2,1-2H3/t12-,14?,15-,16+/m1/s1. The zero-order valence-electron chi connectivity index (χ0n) is 12.1. The van der Waals surface area contributed by atoms with Crippen LogP contribution in [0.3, 0.4) is 0 Å². The fraction of sp³-hybridized carbons (Fsp3) is 0.750. The van der Waals surface area contributed by atoms with Crippen LogP contribution < -0.4 is 0 Å². The number of furan rings is 1. The molecule has 20 heavy (non-hydrogen) atoms. The third-order valence-electron chi connectivity index (χ3n) is 6.09. The van der Waals surface area contributed by atoms with E-state index in [0.29, 0.717) is 0 Å². The van der Waals surface area contributed by atoms with Gasteiger partial charge >= 0.3 is 0 Å². The van der Waals surface area contributed by atoms with Crippen LogP contribution in [0.1, 0.15) is 56.5 Å². The first-order valence-corrected chi connectivity index (χ1v) is 7.53. The molecule has 4 heteroatoms. The van der Waals surface area contributed by atoms with Crippen LogP contribution in [0.25, 0.3) is 0 Å². The van der Waals surface area contributed by atoms with Gasteiger partial charge in [-0.3, -0.25) is 0 Å². The Kier molecular flexibility index (Phi) is 2.49. The van der Waals surface area contributed by atoms with Gasteiger partial charge in [-0.05, 0) is 45.1 Å². The maximum absolute atomic E-state index is 11.5. The van der Waals surface area contributed by atoms with Crippen molar-refractivity contribution in [2.45, 2.75) is 56.3 Å². The van der Waals surface area contributed by atoms with E-state index in [1.807, 2.05) is 6.07 Å². The summed E-state index contributed by atoms with van der Waals surface area (Å²) in [6.07, 6.45) is 6.13. The Morgan fingerprint density at radius 3 is 3.10 bits per heavy atom. The third kappa shape index (κ3) is 1.24. The van der Waals surface area contributed by atoms with Crippen molar-refractivity contribution in [3.05, 3.63) is 23.7 Å². The summed E-state index contributed by atoms with van der Waals surface area (Å²) < 4.78 is 17.2. The summed E-state index contributed by atoms with van der Waals surface area (Å²) in [6, 6.07) is 1.94. The molecule has 2 bridgehead atoms. The Bertz CT molecular complexity index is 538. The van der Waals surface area contributed by atoms with E-state index in [1.54, 1.807) is 13.4 Å². The van der Waals surface area contributed by atoms with E-state index in [1.165, 1.54) is 0 Å². The second-order valence-corrected chi connectivity index (χ2v) is 6.78. The Hall–Kier alpha value is -0.840. The minimum atomic E-state index is -0.801. The molecule has 4 nitrogen and oxygen atoms in total. The maximum Gasteiger partial charge on any atom is 0.138 e. The van der Waals surface area contributed by atoms with Gasteiger partial charge in [-0.15, -0.1) is 0 Å². The summed E-state index contributed by atoms with van der Waals surface area (Å²) in [7, 11) is 1.73. The first-order valence-electron chi connectivity index (χ1n) is 7.53. The van der Waals surface area contributed by atoms with Crippen LogP contribution in [0, 0.1) is 5.41 Å². The van der Waals surface area contributed by atoms with Gasteiger partial charge in [0.15, 0.2) is 0 Å². The lowest BCUT2D eigenvalue weighted by molar-refractivity contribution is -0.122. The summed E-state index contributed by atoms with van der Waals surface area (Å²) in [5.41, 5.74) is -0.278. The molecule has 0 radical (unpaired) electrons. The molecule has 110 valence electrons. The van der Waals surface area contributed by atoms with Crippen LogP contribution in [0.5, 0.6) is 0 Å². The zero-order chi connectivity index (χ0) is 14.0. The zero-order valence-corrected chi connectivity index (χ0v) is 12.1. The Balaban J connectivity index is 1.82. The van der Waals surface area contributed by atoms with E-state index >= 15 is 0 Å². The van der Waals surface area contributed by atoms with Crippen LogP contribution in [-0.4, -0.2) is 24.4 Å². The first kappa shape index (κ1) is 12.9. The predicted molar refractivity (Wildman–Crippen MR) is 72.2 cm³/mol. The number of methoxy groups -OCH3 is 1. The van der Waals surface area contributed by atoms with E-state index in [9.17, 15) is 5.11 Å². The molecule has 0 aromatic carbocycles. The highest BCUT2D eigenvalue weighted by Crippen LogP contribution is 2.73. The van der Waals surface area contributed by atoms with Crippen LogP contribution in [0.2, 0.25) is 0 Å². The number of aliphatic hydroxyl groups is 1. The Morgan fingerprint density at radius 1 is 1.45 bits per heavy atom. The molecule has 1 saturated heterocycles. The van der Waals surface area contributed by atoms with Crippen molar-refractivity contribution in [2.75, 3.05) is 13.7 Å². The number of fused-ring (bicyclic) bond motifs is 4. The van der Waals surface area contributed by atoms with Gasteiger partial charge in [-0.2, -0.15) is 0 Å². The van der Waals surface area contributed by atoms with Gasteiger partial charge in [0.25, 0.3) is 0 Å². The smallest absolute Gasteiger partial charge is 0.138 e. The largest absolute Gasteiger partial charge is 0.466 e. The van der Waals surface area contributed by atoms with Gasteiger partial charge in [0, 0.05) is 24.7 Å². The topological polar surface area (TPSA) is 51.8 Å². The first-order chi connectivity index (χ1) is 9.56. The summed E-state index contributed by atoms with van der Waals surface area (Å²) in [4.78, 5) is 0. The predicted octanol–water partition coefficient (Wildman–Crippen LogP) is 2.91. The molecular formula is C16H22O4. The quantitative estimate of drug-likeness (QED) is 0.860. The van der Waals surface area contributed by atoms with Gasteiger partial charge in [0.1, 0.15) is 17.5 Å². The Labute approximate surface area is 119 Å². The average molecular weight is 278 g/mol. The fourth-order valence-corrected chi connectivity index (χ4v) is 5.11. The molecule has 2 fully saturated rings. The summed E-state index contributed by atoms with van der Waals surface area (Å²) >= 11 is 0. The van der Waals surface area contributed by atoms with E-state index in [2.05, 4.69) is 6.92 Å². The lowest BCUT2D eigenvalue weighted by Gasteiger charge is -2.46. The molecular weight excluding hydrogens is 256 g/mol. The highest BCUT2D eigenvalue weighted by molar-refractivity contribution is 5.40. The van der Waals surface area contributed by atoms with E-state index in [0.717, 1.165) is 50.0 Å². The molecule has 2 heterocycles. The lowest BCUT2D eigenvalue weighted by Crippen LogP contribution is -2.50. The molecule has 4 rings (SSSR count). The van der Waals surface area contributed by atoms with Crippen molar-refractivity contribution >= 4 is 0 Å². The summed E-state index contributed by atoms with van der Waals surface area (Å²) in [5.74, 6) is 0.846. The fourth-order valence-electron chi connectivity index (χ4n) is 5.11. The van der Waals surface area contributed by atoms with Crippen molar-refractivity contribution < 1.29 is 19.0 Å². The van der Waals surface area contributed by atoms with E-state index < -0.39 is 5.60 Å². The molecule has 2 aliphatic carbocycles. The maximum atomic E-state index is 11.5. The lowest BCUT2D eigenvalue weighted by atomic mass is 9.59. The van der Waals surface area contributed by atoms with E-state index in [4.69, 9.17) is 13.9 Å². The monoisotopic (exact) mass is 278 g/mol. The van der Waals surface area contributed by atoms with Crippen LogP contribution in [0.4, 0.5) is 0 Å². The number of rotatable bonds is 4. The van der Waals surface area contributed by atoms with Crippen molar-refractivity contribution in [3.63, 3.8) is 0 Å². The van der Waals surface area contributed by atoms with Crippen molar-refractivity contribution in [1.29, 1.82) is 0 Å². The minimum absolute atomic E-state index is 0.00752. The molecule has 0 amide bonds. The molecule has 1 unspecified atom stereocenters. The molecule has 1 aromatic heterocycles.